The van der Waals surface area contributed by atoms with Crippen LogP contribution in [0.4, 0.5) is 23.1 Å². The van der Waals surface area contributed by atoms with E-state index >= 15 is 0 Å². The molecule has 3 aromatic rings. The van der Waals surface area contributed by atoms with E-state index in [0.717, 1.165) is 68.2 Å². The third-order valence-corrected chi connectivity index (χ3v) is 6.53. The van der Waals surface area contributed by atoms with Gasteiger partial charge in [-0.25, -0.2) is 4.98 Å². The lowest BCUT2D eigenvalue weighted by atomic mass is 9.99. The predicted molar refractivity (Wildman–Crippen MR) is 154 cm³/mol. The van der Waals surface area contributed by atoms with Gasteiger partial charge in [0.2, 0.25) is 11.9 Å². The van der Waals surface area contributed by atoms with Gasteiger partial charge in [-0.05, 0) is 55.7 Å². The van der Waals surface area contributed by atoms with Gasteiger partial charge in [-0.3, -0.25) is 4.79 Å². The van der Waals surface area contributed by atoms with Crippen LogP contribution >= 0.6 is 0 Å². The monoisotopic (exact) mass is 500 g/mol. The van der Waals surface area contributed by atoms with E-state index in [4.69, 9.17) is 5.73 Å². The van der Waals surface area contributed by atoms with E-state index in [9.17, 15) is 4.79 Å². The number of benzene rings is 2. The molecule has 1 atom stereocenters. The summed E-state index contributed by atoms with van der Waals surface area (Å²) in [5.74, 6) is 1.10. The summed E-state index contributed by atoms with van der Waals surface area (Å²) in [6.07, 6.45) is 3.35. The van der Waals surface area contributed by atoms with E-state index in [1.807, 2.05) is 68.6 Å². The summed E-state index contributed by atoms with van der Waals surface area (Å²) in [5.41, 5.74) is 9.59. The van der Waals surface area contributed by atoms with Gasteiger partial charge in [-0.2, -0.15) is 4.98 Å². The molecule has 5 N–H and O–H groups in total. The standard InChI is InChI=1S/C27H37BN8O/c1-35-13-15-36(16-14-35)12-6-11-30-25-23(28)19-31-27(34-25)33-22-10-5-9-21(18-22)32-26(37)24(29)17-20-7-3-2-4-8-20/h2-5,7-10,18-19,24H,6,11-17,28-29H2,1H3,(H,32,37)(H2,30,31,33,34). The van der Waals surface area contributed by atoms with Crippen molar-refractivity contribution in [3.63, 3.8) is 0 Å². The van der Waals surface area contributed by atoms with Crippen LogP contribution in [-0.4, -0.2) is 85.9 Å². The molecule has 9 nitrogen and oxygen atoms in total. The Kier molecular flexibility index (Phi) is 9.48. The molecule has 10 heteroatoms. The number of anilines is 4. The fourth-order valence-electron chi connectivity index (χ4n) is 4.26. The lowest BCUT2D eigenvalue weighted by Gasteiger charge is -2.32. The van der Waals surface area contributed by atoms with E-state index in [1.165, 1.54) is 0 Å². The molecule has 1 unspecified atom stereocenters. The molecule has 0 aliphatic carbocycles. The molecular formula is C27H37BN8O. The van der Waals surface area contributed by atoms with E-state index in [1.54, 1.807) is 0 Å². The lowest BCUT2D eigenvalue weighted by Crippen LogP contribution is -2.44. The lowest BCUT2D eigenvalue weighted by molar-refractivity contribution is -0.117. The molecule has 1 fully saturated rings. The van der Waals surface area contributed by atoms with Crippen LogP contribution in [0.2, 0.25) is 0 Å². The minimum Gasteiger partial charge on any atom is -0.370 e. The zero-order valence-corrected chi connectivity index (χ0v) is 21.8. The number of aromatic nitrogens is 2. The van der Waals surface area contributed by atoms with Crippen molar-refractivity contribution in [1.29, 1.82) is 0 Å². The molecule has 0 saturated carbocycles. The smallest absolute Gasteiger partial charge is 0.241 e. The maximum Gasteiger partial charge on any atom is 0.241 e. The Balaban J connectivity index is 1.28. The second-order valence-electron chi connectivity index (χ2n) is 9.64. The maximum absolute atomic E-state index is 12.6. The van der Waals surface area contributed by atoms with E-state index in [-0.39, 0.29) is 5.91 Å². The zero-order chi connectivity index (χ0) is 26.0. The largest absolute Gasteiger partial charge is 0.370 e. The number of likely N-dealkylation sites (N-methyl/N-ethyl adjacent to an activating group) is 1. The highest BCUT2D eigenvalue weighted by Crippen LogP contribution is 2.19. The van der Waals surface area contributed by atoms with Crippen LogP contribution in [0.3, 0.4) is 0 Å². The van der Waals surface area contributed by atoms with Crippen LogP contribution in [0.1, 0.15) is 12.0 Å². The summed E-state index contributed by atoms with van der Waals surface area (Å²) in [4.78, 5) is 26.6. The number of nitrogens with zero attached hydrogens (tertiary/aromatic N) is 4. The summed E-state index contributed by atoms with van der Waals surface area (Å²) in [6, 6.07) is 16.6. The molecule has 1 aromatic heterocycles. The van der Waals surface area contributed by atoms with Crippen LogP contribution in [0.5, 0.6) is 0 Å². The molecule has 1 amide bonds. The first-order valence-corrected chi connectivity index (χ1v) is 12.9. The minimum atomic E-state index is -0.635. The Labute approximate surface area is 220 Å². The number of hydrogen-bond acceptors (Lipinski definition) is 8. The van der Waals surface area contributed by atoms with Crippen LogP contribution in [0, 0.1) is 0 Å². The second-order valence-corrected chi connectivity index (χ2v) is 9.64. The number of carbonyl (C=O) groups excluding carboxylic acids is 1. The maximum atomic E-state index is 12.6. The van der Waals surface area contributed by atoms with Gasteiger partial charge in [0, 0.05) is 50.3 Å². The van der Waals surface area contributed by atoms with Crippen LogP contribution in [0.25, 0.3) is 0 Å². The molecule has 37 heavy (non-hydrogen) atoms. The van der Waals surface area contributed by atoms with Gasteiger partial charge in [-0.1, -0.05) is 36.4 Å². The Morgan fingerprint density at radius 1 is 1.08 bits per heavy atom. The molecule has 1 aliphatic rings. The van der Waals surface area contributed by atoms with Crippen molar-refractivity contribution < 1.29 is 4.79 Å². The molecule has 4 rings (SSSR count). The quantitative estimate of drug-likeness (QED) is 0.228. The van der Waals surface area contributed by atoms with E-state index in [2.05, 4.69) is 42.8 Å². The van der Waals surface area contributed by atoms with Crippen molar-refractivity contribution in [3.05, 3.63) is 66.4 Å². The zero-order valence-electron chi connectivity index (χ0n) is 21.8. The minimum absolute atomic E-state index is 0.226. The second kappa shape index (κ2) is 13.2. The van der Waals surface area contributed by atoms with E-state index < -0.39 is 6.04 Å². The number of amides is 1. The Hall–Kier alpha value is -3.47. The number of rotatable bonds is 11. The number of nitrogens with two attached hydrogens (primary N) is 1. The molecule has 194 valence electrons. The van der Waals surface area contributed by atoms with Crippen molar-refractivity contribution in [1.82, 2.24) is 19.8 Å². The number of piperazine rings is 1. The predicted octanol–water partition coefficient (Wildman–Crippen LogP) is 1.04. The van der Waals surface area contributed by atoms with Gasteiger partial charge in [0.05, 0.1) is 6.04 Å². The number of nitrogens with one attached hydrogen (secondary N) is 3. The van der Waals surface area contributed by atoms with Gasteiger partial charge in [0.25, 0.3) is 0 Å². The normalized spacial score (nSPS) is 15.2. The molecule has 2 aromatic carbocycles. The van der Waals surface area contributed by atoms with Gasteiger partial charge in [0.1, 0.15) is 13.7 Å². The average molecular weight is 500 g/mol. The SMILES string of the molecule is Bc1cnc(Nc2cccc(NC(=O)C(N)Cc3ccccc3)c2)nc1NCCCN1CCN(C)CC1. The summed E-state index contributed by atoms with van der Waals surface area (Å²) in [5, 5.41) is 9.61. The highest BCUT2D eigenvalue weighted by molar-refractivity contribution is 6.35. The van der Waals surface area contributed by atoms with Crippen molar-refractivity contribution in [2.24, 2.45) is 5.73 Å². The Morgan fingerprint density at radius 3 is 2.62 bits per heavy atom. The van der Waals surface area contributed by atoms with Gasteiger partial charge >= 0.3 is 0 Å². The fraction of sp³-hybridized carbons (Fsp3) is 0.370. The van der Waals surface area contributed by atoms with E-state index in [0.29, 0.717) is 18.1 Å². The Bertz CT molecular complexity index is 1150. The van der Waals surface area contributed by atoms with Gasteiger partial charge in [-0.15, -0.1) is 0 Å². The topological polar surface area (TPSA) is 111 Å². The fourth-order valence-corrected chi connectivity index (χ4v) is 4.26. The molecule has 1 saturated heterocycles. The third kappa shape index (κ3) is 8.28. The van der Waals surface area contributed by atoms with Gasteiger partial charge in [0.15, 0.2) is 0 Å². The summed E-state index contributed by atoms with van der Waals surface area (Å²) >= 11 is 0. The van der Waals surface area contributed by atoms with Crippen molar-refractivity contribution >= 4 is 42.4 Å². The first kappa shape index (κ1) is 26.6. The first-order valence-electron chi connectivity index (χ1n) is 12.9. The molecule has 0 bridgehead atoms. The number of carbonyl (C=O) groups is 1. The molecule has 1 aliphatic heterocycles. The summed E-state index contributed by atoms with van der Waals surface area (Å²) in [6.45, 7) is 6.49. The van der Waals surface area contributed by atoms with Crippen LogP contribution in [0.15, 0.2) is 60.8 Å². The van der Waals surface area contributed by atoms with Crippen molar-refractivity contribution in [2.45, 2.75) is 18.9 Å². The first-order chi connectivity index (χ1) is 18.0. The summed E-state index contributed by atoms with van der Waals surface area (Å²) < 4.78 is 0. The van der Waals surface area contributed by atoms with Crippen LogP contribution < -0.4 is 27.1 Å². The molecule has 2 heterocycles. The summed E-state index contributed by atoms with van der Waals surface area (Å²) in [7, 11) is 4.18. The highest BCUT2D eigenvalue weighted by Gasteiger charge is 2.15. The third-order valence-electron chi connectivity index (χ3n) is 6.53. The molecule has 0 spiro atoms. The Morgan fingerprint density at radius 2 is 1.84 bits per heavy atom. The highest BCUT2D eigenvalue weighted by atomic mass is 16.2. The molecule has 0 radical (unpaired) electrons. The van der Waals surface area contributed by atoms with Gasteiger partial charge < -0.3 is 31.5 Å². The van der Waals surface area contributed by atoms with Crippen molar-refractivity contribution in [3.8, 4) is 0 Å². The molecular weight excluding hydrogens is 463 g/mol. The average Bonchev–Trinajstić information content (AvgIpc) is 2.90. The number of hydrogen-bond donors (Lipinski definition) is 4. The van der Waals surface area contributed by atoms with Crippen molar-refractivity contribution in [2.75, 3.05) is 62.3 Å². The van der Waals surface area contributed by atoms with Crippen LogP contribution in [-0.2, 0) is 11.2 Å².